The SMILES string of the molecule is CC(CC1CCCO1)NC(=O)[C@@H]1CC[C@H](CN)O1.Cl. The number of carbonyl (C=O) groups is 1. The minimum atomic E-state index is -0.314. The molecular formula is C13H25ClN2O3. The van der Waals surface area contributed by atoms with E-state index in [0.29, 0.717) is 12.6 Å². The van der Waals surface area contributed by atoms with E-state index in [-0.39, 0.29) is 36.6 Å². The molecule has 0 saturated carbocycles. The number of hydrogen-bond acceptors (Lipinski definition) is 4. The molecule has 0 aromatic carbocycles. The van der Waals surface area contributed by atoms with E-state index in [9.17, 15) is 4.79 Å². The number of nitrogens with one attached hydrogen (secondary N) is 1. The molecule has 2 fully saturated rings. The minimum Gasteiger partial charge on any atom is -0.378 e. The molecule has 0 radical (unpaired) electrons. The summed E-state index contributed by atoms with van der Waals surface area (Å²) in [6.45, 7) is 3.37. The van der Waals surface area contributed by atoms with Crippen LogP contribution in [0.4, 0.5) is 0 Å². The Bertz CT molecular complexity index is 285. The van der Waals surface area contributed by atoms with Gasteiger partial charge < -0.3 is 20.5 Å². The van der Waals surface area contributed by atoms with Crippen LogP contribution in [0.2, 0.25) is 0 Å². The molecule has 6 heteroatoms. The Hall–Kier alpha value is -0.360. The molecule has 2 aliphatic heterocycles. The van der Waals surface area contributed by atoms with Crippen molar-refractivity contribution in [3.63, 3.8) is 0 Å². The Balaban J connectivity index is 0.00000180. The third-order valence-corrected chi connectivity index (χ3v) is 3.69. The molecule has 0 spiro atoms. The molecule has 3 N–H and O–H groups in total. The number of ether oxygens (including phenoxy) is 2. The molecule has 0 bridgehead atoms. The second-order valence-corrected chi connectivity index (χ2v) is 5.34. The van der Waals surface area contributed by atoms with Gasteiger partial charge in [0.1, 0.15) is 6.10 Å². The Morgan fingerprint density at radius 1 is 1.37 bits per heavy atom. The Labute approximate surface area is 121 Å². The molecule has 2 rings (SSSR count). The van der Waals surface area contributed by atoms with Crippen molar-refractivity contribution in [3.05, 3.63) is 0 Å². The molecule has 1 amide bonds. The fourth-order valence-electron chi connectivity index (χ4n) is 2.69. The molecule has 112 valence electrons. The van der Waals surface area contributed by atoms with E-state index in [1.54, 1.807) is 0 Å². The number of rotatable bonds is 5. The number of hydrogen-bond donors (Lipinski definition) is 2. The fraction of sp³-hybridized carbons (Fsp3) is 0.923. The van der Waals surface area contributed by atoms with E-state index in [1.165, 1.54) is 0 Å². The predicted octanol–water partition coefficient (Wildman–Crippen LogP) is 0.988. The van der Waals surface area contributed by atoms with Gasteiger partial charge >= 0.3 is 0 Å². The van der Waals surface area contributed by atoms with Crippen molar-refractivity contribution in [1.29, 1.82) is 0 Å². The molecule has 0 aromatic rings. The molecular weight excluding hydrogens is 268 g/mol. The Morgan fingerprint density at radius 3 is 2.74 bits per heavy atom. The molecule has 5 nitrogen and oxygen atoms in total. The van der Waals surface area contributed by atoms with E-state index in [4.69, 9.17) is 15.2 Å². The van der Waals surface area contributed by atoms with Gasteiger partial charge in [-0.3, -0.25) is 4.79 Å². The van der Waals surface area contributed by atoms with E-state index in [2.05, 4.69) is 5.32 Å². The molecule has 0 aliphatic carbocycles. The standard InChI is InChI=1S/C13H24N2O3.ClH/c1-9(7-10-3-2-6-17-10)15-13(16)12-5-4-11(8-14)18-12;/h9-12H,2-8,14H2,1H3,(H,15,16);1H/t9?,10?,11-,12+;/m1./s1. The van der Waals surface area contributed by atoms with Crippen LogP contribution in [0.5, 0.6) is 0 Å². The largest absolute Gasteiger partial charge is 0.378 e. The zero-order chi connectivity index (χ0) is 13.0. The Morgan fingerprint density at radius 2 is 2.16 bits per heavy atom. The molecule has 4 atom stereocenters. The van der Waals surface area contributed by atoms with Crippen molar-refractivity contribution < 1.29 is 14.3 Å². The van der Waals surface area contributed by atoms with Crippen molar-refractivity contribution >= 4 is 18.3 Å². The van der Waals surface area contributed by atoms with Crippen molar-refractivity contribution in [2.45, 2.75) is 63.4 Å². The summed E-state index contributed by atoms with van der Waals surface area (Å²) in [5.74, 6) is -0.00329. The first-order valence-electron chi connectivity index (χ1n) is 6.96. The maximum Gasteiger partial charge on any atom is 0.249 e. The second kappa shape index (κ2) is 8.04. The molecule has 0 aromatic heterocycles. The zero-order valence-corrected chi connectivity index (χ0v) is 12.3. The number of nitrogens with two attached hydrogens (primary N) is 1. The van der Waals surface area contributed by atoms with Gasteiger partial charge in [-0.2, -0.15) is 0 Å². The number of halogens is 1. The maximum atomic E-state index is 12.0. The van der Waals surface area contributed by atoms with Crippen LogP contribution in [-0.2, 0) is 14.3 Å². The molecule has 2 aliphatic rings. The van der Waals surface area contributed by atoms with Crippen molar-refractivity contribution in [1.82, 2.24) is 5.32 Å². The summed E-state index contributed by atoms with van der Waals surface area (Å²) in [6.07, 6.45) is 4.83. The topological polar surface area (TPSA) is 73.6 Å². The van der Waals surface area contributed by atoms with Crippen LogP contribution in [0.15, 0.2) is 0 Å². The molecule has 2 heterocycles. The van der Waals surface area contributed by atoms with Crippen molar-refractivity contribution in [2.24, 2.45) is 5.73 Å². The van der Waals surface area contributed by atoms with Crippen LogP contribution < -0.4 is 11.1 Å². The summed E-state index contributed by atoms with van der Waals surface area (Å²) in [4.78, 5) is 12.0. The van der Waals surface area contributed by atoms with Gasteiger partial charge in [-0.25, -0.2) is 0 Å². The molecule has 19 heavy (non-hydrogen) atoms. The summed E-state index contributed by atoms with van der Waals surface area (Å²) in [5.41, 5.74) is 5.53. The van der Waals surface area contributed by atoms with Crippen LogP contribution in [0.1, 0.15) is 39.0 Å². The third kappa shape index (κ3) is 4.91. The molecule has 2 unspecified atom stereocenters. The summed E-state index contributed by atoms with van der Waals surface area (Å²) in [7, 11) is 0. The smallest absolute Gasteiger partial charge is 0.249 e. The lowest BCUT2D eigenvalue weighted by atomic mass is 10.1. The van der Waals surface area contributed by atoms with Crippen molar-refractivity contribution in [3.8, 4) is 0 Å². The molecule has 2 saturated heterocycles. The van der Waals surface area contributed by atoms with Gasteiger partial charge in [0.25, 0.3) is 0 Å². The van der Waals surface area contributed by atoms with E-state index >= 15 is 0 Å². The fourth-order valence-corrected chi connectivity index (χ4v) is 2.69. The van der Waals surface area contributed by atoms with Gasteiger partial charge in [0.2, 0.25) is 5.91 Å². The van der Waals surface area contributed by atoms with Crippen LogP contribution in [-0.4, -0.2) is 43.4 Å². The summed E-state index contributed by atoms with van der Waals surface area (Å²) in [6, 6.07) is 0.140. The minimum absolute atomic E-state index is 0. The second-order valence-electron chi connectivity index (χ2n) is 5.34. The third-order valence-electron chi connectivity index (χ3n) is 3.69. The van der Waals surface area contributed by atoms with Gasteiger partial charge in [0.15, 0.2) is 0 Å². The quantitative estimate of drug-likeness (QED) is 0.792. The lowest BCUT2D eigenvalue weighted by molar-refractivity contribution is -0.132. The normalized spacial score (nSPS) is 31.8. The summed E-state index contributed by atoms with van der Waals surface area (Å²) in [5, 5.41) is 3.01. The van der Waals surface area contributed by atoms with E-state index < -0.39 is 0 Å². The van der Waals surface area contributed by atoms with E-state index in [1.807, 2.05) is 6.92 Å². The average molecular weight is 293 g/mol. The van der Waals surface area contributed by atoms with Crippen LogP contribution in [0, 0.1) is 0 Å². The summed E-state index contributed by atoms with van der Waals surface area (Å²) >= 11 is 0. The van der Waals surface area contributed by atoms with Crippen LogP contribution in [0.25, 0.3) is 0 Å². The monoisotopic (exact) mass is 292 g/mol. The Kier molecular flexibility index (Phi) is 7.07. The predicted molar refractivity (Wildman–Crippen MR) is 75.4 cm³/mol. The summed E-state index contributed by atoms with van der Waals surface area (Å²) < 4.78 is 11.1. The van der Waals surface area contributed by atoms with Gasteiger partial charge in [-0.05, 0) is 39.0 Å². The highest BCUT2D eigenvalue weighted by atomic mass is 35.5. The first kappa shape index (κ1) is 16.7. The van der Waals surface area contributed by atoms with Crippen LogP contribution >= 0.6 is 12.4 Å². The zero-order valence-electron chi connectivity index (χ0n) is 11.5. The van der Waals surface area contributed by atoms with Gasteiger partial charge in [0.05, 0.1) is 12.2 Å². The van der Waals surface area contributed by atoms with Crippen LogP contribution in [0.3, 0.4) is 0 Å². The van der Waals surface area contributed by atoms with Crippen molar-refractivity contribution in [2.75, 3.05) is 13.2 Å². The lowest BCUT2D eigenvalue weighted by Gasteiger charge is -2.20. The lowest BCUT2D eigenvalue weighted by Crippen LogP contribution is -2.41. The highest BCUT2D eigenvalue weighted by Crippen LogP contribution is 2.20. The first-order chi connectivity index (χ1) is 8.69. The highest BCUT2D eigenvalue weighted by Gasteiger charge is 2.30. The van der Waals surface area contributed by atoms with E-state index in [0.717, 1.165) is 38.7 Å². The van der Waals surface area contributed by atoms with Gasteiger partial charge in [0, 0.05) is 19.2 Å². The first-order valence-corrected chi connectivity index (χ1v) is 6.96. The highest BCUT2D eigenvalue weighted by molar-refractivity contribution is 5.85. The number of carbonyl (C=O) groups excluding carboxylic acids is 1. The van der Waals surface area contributed by atoms with Gasteiger partial charge in [-0.1, -0.05) is 0 Å². The van der Waals surface area contributed by atoms with Gasteiger partial charge in [-0.15, -0.1) is 12.4 Å². The number of amides is 1. The average Bonchev–Trinajstić information content (AvgIpc) is 2.98. The maximum absolute atomic E-state index is 12.0.